The second-order valence-corrected chi connectivity index (χ2v) is 13.8. The fourth-order valence-electron chi connectivity index (χ4n) is 7.17. The molecular weight excluding hydrogens is 689 g/mol. The van der Waals surface area contributed by atoms with Crippen LogP contribution in [-0.2, 0) is 27.3 Å². The number of benzene rings is 3. The molecule has 13 heteroatoms. The quantitative estimate of drug-likeness (QED) is 0.151. The number of primary amides is 1. The van der Waals surface area contributed by atoms with Crippen molar-refractivity contribution in [1.82, 2.24) is 15.1 Å². The van der Waals surface area contributed by atoms with E-state index in [0.717, 1.165) is 47.2 Å². The Balaban J connectivity index is 1.24. The smallest absolute Gasteiger partial charge is 0.252 e. The Kier molecular flexibility index (Phi) is 11.9. The summed E-state index contributed by atoms with van der Waals surface area (Å²) in [4.78, 5) is 43.1. The third-order valence-corrected chi connectivity index (χ3v) is 9.97. The van der Waals surface area contributed by atoms with Crippen LogP contribution in [0.3, 0.4) is 0 Å². The molecule has 2 heterocycles. The Morgan fingerprint density at radius 3 is 2.25 bits per heavy atom. The zero-order valence-electron chi connectivity index (χ0n) is 30.0. The topological polar surface area (TPSA) is 123 Å². The molecule has 6 rings (SSSR count). The lowest BCUT2D eigenvalue weighted by atomic mass is 9.82. The molecule has 2 atom stereocenters. The fraction of sp³-hybridized carbons (Fsp3) is 0.425. The van der Waals surface area contributed by atoms with Crippen LogP contribution < -0.4 is 25.3 Å². The third-order valence-electron chi connectivity index (χ3n) is 9.97. The van der Waals surface area contributed by atoms with Gasteiger partial charge in [-0.15, -0.1) is 0 Å². The molecule has 0 unspecified atom stereocenters. The number of carbonyl (C=O) groups is 3. The highest BCUT2D eigenvalue weighted by Crippen LogP contribution is 2.38. The molecule has 3 aromatic rings. The van der Waals surface area contributed by atoms with E-state index in [1.54, 1.807) is 25.2 Å². The van der Waals surface area contributed by atoms with Crippen LogP contribution in [0.5, 0.6) is 17.2 Å². The minimum absolute atomic E-state index is 0.00814. The van der Waals surface area contributed by atoms with Crippen LogP contribution in [0.1, 0.15) is 61.6 Å². The lowest BCUT2D eigenvalue weighted by Crippen LogP contribution is -2.62. The highest BCUT2D eigenvalue weighted by molar-refractivity contribution is 6.03. The van der Waals surface area contributed by atoms with Gasteiger partial charge in [0.15, 0.2) is 17.4 Å². The molecule has 0 aromatic heterocycles. The van der Waals surface area contributed by atoms with Gasteiger partial charge in [0, 0.05) is 56.2 Å². The molecule has 0 radical (unpaired) electrons. The lowest BCUT2D eigenvalue weighted by Gasteiger charge is -2.45. The molecular formula is C40H45F3N4O6. The summed E-state index contributed by atoms with van der Waals surface area (Å²) in [6.07, 6.45) is 3.98. The second kappa shape index (κ2) is 16.7. The average Bonchev–Trinajstić information content (AvgIpc) is 4.00. The van der Waals surface area contributed by atoms with E-state index in [9.17, 15) is 27.6 Å². The minimum atomic E-state index is -1.35. The number of hydrogen-bond acceptors (Lipinski definition) is 7. The van der Waals surface area contributed by atoms with E-state index in [4.69, 9.17) is 19.9 Å². The Morgan fingerprint density at radius 2 is 1.58 bits per heavy atom. The number of piperazine rings is 1. The van der Waals surface area contributed by atoms with E-state index in [1.807, 2.05) is 41.3 Å². The molecule has 3 amide bonds. The predicted molar refractivity (Wildman–Crippen MR) is 192 cm³/mol. The molecule has 2 aliphatic heterocycles. The lowest BCUT2D eigenvalue weighted by molar-refractivity contribution is -0.134. The molecule has 1 saturated carbocycles. The van der Waals surface area contributed by atoms with Gasteiger partial charge in [-0.3, -0.25) is 14.4 Å². The zero-order chi connectivity index (χ0) is 37.6. The van der Waals surface area contributed by atoms with Gasteiger partial charge in [-0.1, -0.05) is 24.3 Å². The van der Waals surface area contributed by atoms with Gasteiger partial charge in [-0.25, -0.2) is 8.78 Å². The van der Waals surface area contributed by atoms with Crippen molar-refractivity contribution in [3.8, 4) is 17.2 Å². The van der Waals surface area contributed by atoms with E-state index in [-0.39, 0.29) is 43.3 Å². The molecule has 1 saturated heterocycles. The summed E-state index contributed by atoms with van der Waals surface area (Å²) in [5.41, 5.74) is 9.57. The summed E-state index contributed by atoms with van der Waals surface area (Å²) in [6, 6.07) is 14.6. The van der Waals surface area contributed by atoms with E-state index in [2.05, 4.69) is 5.32 Å². The van der Waals surface area contributed by atoms with Gasteiger partial charge in [-0.05, 0) is 85.1 Å². The Labute approximate surface area is 307 Å². The first-order valence-corrected chi connectivity index (χ1v) is 18.0. The standard InChI is InChI=1S/C40H45F3N4O6/c1-51-29-17-25(18-30(20-29)52-2)21-47(28-12-13-28)40(50)37-31(19-27-22-46(23-34(37)45-27)36(49)7-3-6-35(44)48)26-10-8-24(9-11-26)5-4-16-53-39-33(42)15-14-32(41)38(39)43/h8-11,14-15,17-18,20,27-28,34,45H,3-7,12-13,16,19,21-23H2,1-2H3,(H2,44,48)/t27-,34-/m1/s1. The summed E-state index contributed by atoms with van der Waals surface area (Å²) in [7, 11) is 3.17. The molecule has 2 fully saturated rings. The van der Waals surface area contributed by atoms with Gasteiger partial charge in [0.2, 0.25) is 17.6 Å². The fourth-order valence-corrected chi connectivity index (χ4v) is 7.17. The number of nitrogens with zero attached hydrogens (tertiary/aromatic N) is 2. The van der Waals surface area contributed by atoms with Crippen molar-refractivity contribution < 1.29 is 41.8 Å². The van der Waals surface area contributed by atoms with Crippen molar-refractivity contribution in [3.63, 3.8) is 0 Å². The van der Waals surface area contributed by atoms with Gasteiger partial charge in [0.05, 0.1) is 26.9 Å². The van der Waals surface area contributed by atoms with E-state index in [1.165, 1.54) is 0 Å². The normalized spacial score (nSPS) is 18.1. The number of halogens is 3. The summed E-state index contributed by atoms with van der Waals surface area (Å²) >= 11 is 0. The highest BCUT2D eigenvalue weighted by Gasteiger charge is 2.43. The third kappa shape index (κ3) is 9.13. The highest BCUT2D eigenvalue weighted by atomic mass is 19.2. The summed E-state index contributed by atoms with van der Waals surface area (Å²) in [5, 5.41) is 3.62. The predicted octanol–water partition coefficient (Wildman–Crippen LogP) is 5.31. The number of rotatable bonds is 16. The number of carbonyl (C=O) groups excluding carboxylic acids is 3. The monoisotopic (exact) mass is 734 g/mol. The van der Waals surface area contributed by atoms with Gasteiger partial charge >= 0.3 is 0 Å². The average molecular weight is 735 g/mol. The first-order valence-electron chi connectivity index (χ1n) is 18.0. The molecule has 3 aromatic carbocycles. The molecule has 3 N–H and O–H groups in total. The van der Waals surface area contributed by atoms with E-state index >= 15 is 0 Å². The van der Waals surface area contributed by atoms with Crippen LogP contribution in [0.15, 0.2) is 60.2 Å². The summed E-state index contributed by atoms with van der Waals surface area (Å²) in [5.74, 6) is -3.57. The Morgan fingerprint density at radius 1 is 0.887 bits per heavy atom. The van der Waals surface area contributed by atoms with Gasteiger partial charge in [0.25, 0.3) is 5.91 Å². The molecule has 1 aliphatic carbocycles. The number of hydrogen-bond donors (Lipinski definition) is 2. The molecule has 53 heavy (non-hydrogen) atoms. The van der Waals surface area contributed by atoms with Crippen LogP contribution in [-0.4, -0.2) is 79.6 Å². The second-order valence-electron chi connectivity index (χ2n) is 13.8. The SMILES string of the molecule is COc1cc(CN(C(=O)C2=C(c3ccc(CCCOc4c(F)ccc(F)c4F)cc3)C[C@@H]3CN(C(=O)CCCC(N)=O)C[C@H]2N3)C2CC2)cc(OC)c1. The van der Waals surface area contributed by atoms with Crippen molar-refractivity contribution in [2.45, 2.75) is 76.0 Å². The van der Waals surface area contributed by atoms with Crippen molar-refractivity contribution >= 4 is 23.3 Å². The van der Waals surface area contributed by atoms with Crippen LogP contribution in [0.25, 0.3) is 5.57 Å². The van der Waals surface area contributed by atoms with Crippen molar-refractivity contribution in [2.75, 3.05) is 33.9 Å². The van der Waals surface area contributed by atoms with Crippen molar-refractivity contribution in [1.29, 1.82) is 0 Å². The van der Waals surface area contributed by atoms with Gasteiger partial charge in [-0.2, -0.15) is 4.39 Å². The molecule has 3 aliphatic rings. The molecule has 2 bridgehead atoms. The number of methoxy groups -OCH3 is 2. The maximum Gasteiger partial charge on any atom is 0.252 e. The number of aryl methyl sites for hydroxylation is 1. The maximum atomic E-state index is 14.8. The van der Waals surface area contributed by atoms with Crippen molar-refractivity contribution in [3.05, 3.63) is 94.3 Å². The van der Waals surface area contributed by atoms with Gasteiger partial charge < -0.3 is 35.1 Å². The zero-order valence-corrected chi connectivity index (χ0v) is 30.0. The number of amides is 3. The van der Waals surface area contributed by atoms with E-state index < -0.39 is 35.2 Å². The summed E-state index contributed by atoms with van der Waals surface area (Å²) in [6.45, 7) is 1.12. The van der Waals surface area contributed by atoms with Gasteiger partial charge in [0.1, 0.15) is 11.5 Å². The van der Waals surface area contributed by atoms with Crippen LogP contribution >= 0.6 is 0 Å². The first-order chi connectivity index (χ1) is 25.5. The van der Waals surface area contributed by atoms with Crippen molar-refractivity contribution in [2.24, 2.45) is 5.73 Å². The number of nitrogens with one attached hydrogen (secondary N) is 1. The van der Waals surface area contributed by atoms with Crippen LogP contribution in [0.4, 0.5) is 13.2 Å². The molecule has 282 valence electrons. The molecule has 0 spiro atoms. The Hall–Kier alpha value is -5.04. The number of fused-ring (bicyclic) bond motifs is 2. The largest absolute Gasteiger partial charge is 0.497 e. The van der Waals surface area contributed by atoms with Crippen LogP contribution in [0, 0.1) is 17.5 Å². The Bertz CT molecular complexity index is 1840. The summed E-state index contributed by atoms with van der Waals surface area (Å²) < 4.78 is 57.7. The minimum Gasteiger partial charge on any atom is -0.497 e. The first kappa shape index (κ1) is 37.7. The number of ether oxygens (including phenoxy) is 3. The maximum absolute atomic E-state index is 14.8. The van der Waals surface area contributed by atoms with Crippen LogP contribution in [0.2, 0.25) is 0 Å². The van der Waals surface area contributed by atoms with E-state index in [0.29, 0.717) is 62.4 Å². The molecule has 10 nitrogen and oxygen atoms in total. The number of nitrogens with two attached hydrogens (primary N) is 1.